The van der Waals surface area contributed by atoms with E-state index in [1.807, 2.05) is 11.8 Å². The molecule has 2 aromatic carbocycles. The number of rotatable bonds is 8. The van der Waals surface area contributed by atoms with Crippen molar-refractivity contribution in [1.82, 2.24) is 5.32 Å². The maximum Gasteiger partial charge on any atom is 0.0587 e. The molecular weight excluding hydrogens is 278 g/mol. The van der Waals surface area contributed by atoms with Crippen molar-refractivity contribution in [3.8, 4) is 0 Å². The van der Waals surface area contributed by atoms with Gasteiger partial charge in [-0.1, -0.05) is 36.4 Å². The first kappa shape index (κ1) is 16.1. The molecule has 112 valence electrons. The van der Waals surface area contributed by atoms with Crippen LogP contribution in [-0.2, 0) is 17.0 Å². The van der Waals surface area contributed by atoms with E-state index in [-0.39, 0.29) is 0 Å². The molecule has 0 aliphatic carbocycles. The molecule has 2 rings (SSSR count). The van der Waals surface area contributed by atoms with Crippen molar-refractivity contribution in [3.63, 3.8) is 0 Å². The summed E-state index contributed by atoms with van der Waals surface area (Å²) in [5.74, 6) is 1.02. The van der Waals surface area contributed by atoms with Gasteiger partial charge in [0.25, 0.3) is 0 Å². The summed E-state index contributed by atoms with van der Waals surface area (Å²) in [6.07, 6.45) is 0. The molecule has 0 unspecified atom stereocenters. The summed E-state index contributed by atoms with van der Waals surface area (Å²) in [6.45, 7) is 4.73. The van der Waals surface area contributed by atoms with E-state index in [0.29, 0.717) is 0 Å². The summed E-state index contributed by atoms with van der Waals surface area (Å²) in [5, 5.41) is 3.39. The molecule has 0 bridgehead atoms. The van der Waals surface area contributed by atoms with Crippen molar-refractivity contribution in [2.75, 3.05) is 20.3 Å². The topological polar surface area (TPSA) is 21.3 Å². The second-order valence-corrected chi connectivity index (χ2v) is 6.08. The van der Waals surface area contributed by atoms with Crippen LogP contribution >= 0.6 is 11.8 Å². The number of aryl methyl sites for hydroxylation is 1. The van der Waals surface area contributed by atoms with Gasteiger partial charge in [-0.05, 0) is 35.7 Å². The molecule has 1 N–H and O–H groups in total. The summed E-state index contributed by atoms with van der Waals surface area (Å²) in [4.78, 5) is 1.33. The normalized spacial score (nSPS) is 10.8. The van der Waals surface area contributed by atoms with Crippen LogP contribution in [0.5, 0.6) is 0 Å². The van der Waals surface area contributed by atoms with Gasteiger partial charge in [-0.3, -0.25) is 0 Å². The summed E-state index contributed by atoms with van der Waals surface area (Å²) in [5.41, 5.74) is 4.07. The van der Waals surface area contributed by atoms with Crippen molar-refractivity contribution >= 4 is 11.8 Å². The van der Waals surface area contributed by atoms with Crippen molar-refractivity contribution in [2.45, 2.75) is 24.1 Å². The molecule has 0 atom stereocenters. The van der Waals surface area contributed by atoms with Crippen LogP contribution in [-0.4, -0.2) is 20.3 Å². The van der Waals surface area contributed by atoms with Gasteiger partial charge < -0.3 is 10.1 Å². The predicted octanol–water partition coefficient (Wildman–Crippen LogP) is 4.02. The highest BCUT2D eigenvalue weighted by atomic mass is 32.2. The number of thioether (sulfide) groups is 1. The lowest BCUT2D eigenvalue weighted by Crippen LogP contribution is -2.19. The van der Waals surface area contributed by atoms with E-state index in [9.17, 15) is 0 Å². The van der Waals surface area contributed by atoms with E-state index in [0.717, 1.165) is 25.4 Å². The van der Waals surface area contributed by atoms with Gasteiger partial charge in [-0.25, -0.2) is 0 Å². The van der Waals surface area contributed by atoms with E-state index in [1.54, 1.807) is 7.11 Å². The number of ether oxygens (including phenoxy) is 1. The zero-order valence-electron chi connectivity index (χ0n) is 12.8. The molecule has 0 saturated heterocycles. The van der Waals surface area contributed by atoms with Crippen LogP contribution in [0, 0.1) is 6.92 Å². The fourth-order valence-electron chi connectivity index (χ4n) is 2.09. The minimum Gasteiger partial charge on any atom is -0.383 e. The quantitative estimate of drug-likeness (QED) is 0.588. The first-order valence-corrected chi connectivity index (χ1v) is 8.24. The van der Waals surface area contributed by atoms with Gasteiger partial charge in [-0.2, -0.15) is 0 Å². The highest BCUT2D eigenvalue weighted by Crippen LogP contribution is 2.24. The van der Waals surface area contributed by atoms with Gasteiger partial charge >= 0.3 is 0 Å². The molecule has 0 fully saturated rings. The van der Waals surface area contributed by atoms with Gasteiger partial charge in [0.15, 0.2) is 0 Å². The Hall–Kier alpha value is -1.29. The number of methoxy groups -OCH3 is 1. The van der Waals surface area contributed by atoms with E-state index >= 15 is 0 Å². The van der Waals surface area contributed by atoms with Crippen LogP contribution in [0.15, 0.2) is 53.4 Å². The van der Waals surface area contributed by atoms with Gasteiger partial charge in [0.2, 0.25) is 0 Å². The maximum absolute atomic E-state index is 5.04. The molecule has 0 aromatic heterocycles. The molecule has 0 heterocycles. The molecule has 0 amide bonds. The monoisotopic (exact) mass is 301 g/mol. The fraction of sp³-hybridized carbons (Fsp3) is 0.333. The van der Waals surface area contributed by atoms with Gasteiger partial charge in [0.05, 0.1) is 6.61 Å². The Kier molecular flexibility index (Phi) is 6.80. The lowest BCUT2D eigenvalue weighted by molar-refractivity contribution is 0.199. The number of benzene rings is 2. The zero-order valence-corrected chi connectivity index (χ0v) is 13.6. The molecule has 2 nitrogen and oxygen atoms in total. The Bertz CT molecular complexity index is 542. The summed E-state index contributed by atoms with van der Waals surface area (Å²) in [7, 11) is 1.73. The SMILES string of the molecule is COCCNCc1ccc(SCc2ccccc2)cc1C. The minimum atomic E-state index is 0.754. The molecule has 0 radical (unpaired) electrons. The Labute approximate surface area is 131 Å². The Morgan fingerprint density at radius 2 is 1.90 bits per heavy atom. The van der Waals surface area contributed by atoms with Crippen LogP contribution in [0.2, 0.25) is 0 Å². The summed E-state index contributed by atoms with van der Waals surface area (Å²) >= 11 is 1.89. The van der Waals surface area contributed by atoms with Crippen LogP contribution in [0.1, 0.15) is 16.7 Å². The summed E-state index contributed by atoms with van der Waals surface area (Å²) < 4.78 is 5.04. The minimum absolute atomic E-state index is 0.754. The van der Waals surface area contributed by atoms with Crippen molar-refractivity contribution < 1.29 is 4.74 Å². The number of hydrogen-bond donors (Lipinski definition) is 1. The zero-order chi connectivity index (χ0) is 14.9. The third-order valence-corrected chi connectivity index (χ3v) is 4.43. The average Bonchev–Trinajstić information content (AvgIpc) is 2.52. The highest BCUT2D eigenvalue weighted by molar-refractivity contribution is 7.98. The standard InChI is InChI=1S/C18H23NOS/c1-15-12-18(21-14-16-6-4-3-5-7-16)9-8-17(15)13-19-10-11-20-2/h3-9,12,19H,10-11,13-14H2,1-2H3. The molecule has 0 saturated carbocycles. The molecule has 2 aromatic rings. The van der Waals surface area contributed by atoms with Gasteiger partial charge in [-0.15, -0.1) is 11.8 Å². The lowest BCUT2D eigenvalue weighted by atomic mass is 10.1. The Balaban J connectivity index is 1.86. The van der Waals surface area contributed by atoms with Crippen LogP contribution in [0.3, 0.4) is 0 Å². The van der Waals surface area contributed by atoms with Crippen LogP contribution < -0.4 is 5.32 Å². The van der Waals surface area contributed by atoms with E-state index < -0.39 is 0 Å². The van der Waals surface area contributed by atoms with Gasteiger partial charge in [0.1, 0.15) is 0 Å². The van der Waals surface area contributed by atoms with E-state index in [2.05, 4.69) is 60.8 Å². The van der Waals surface area contributed by atoms with Crippen molar-refractivity contribution in [1.29, 1.82) is 0 Å². The molecular formula is C18H23NOS. The van der Waals surface area contributed by atoms with E-state index in [4.69, 9.17) is 4.74 Å². The second-order valence-electron chi connectivity index (χ2n) is 5.03. The summed E-state index contributed by atoms with van der Waals surface area (Å²) in [6, 6.07) is 17.3. The van der Waals surface area contributed by atoms with Crippen molar-refractivity contribution in [3.05, 3.63) is 65.2 Å². The van der Waals surface area contributed by atoms with Crippen LogP contribution in [0.4, 0.5) is 0 Å². The third kappa shape index (κ3) is 5.54. The molecule has 0 aliphatic rings. The fourth-order valence-corrected chi connectivity index (χ4v) is 3.04. The maximum atomic E-state index is 5.04. The Morgan fingerprint density at radius 3 is 2.62 bits per heavy atom. The first-order chi connectivity index (χ1) is 10.3. The highest BCUT2D eigenvalue weighted by Gasteiger charge is 2.01. The molecule has 0 spiro atoms. The smallest absolute Gasteiger partial charge is 0.0587 e. The average molecular weight is 301 g/mol. The van der Waals surface area contributed by atoms with Crippen LogP contribution in [0.25, 0.3) is 0 Å². The second kappa shape index (κ2) is 8.88. The van der Waals surface area contributed by atoms with E-state index in [1.165, 1.54) is 21.6 Å². The largest absolute Gasteiger partial charge is 0.383 e. The number of hydrogen-bond acceptors (Lipinski definition) is 3. The Morgan fingerprint density at radius 1 is 1.10 bits per heavy atom. The van der Waals surface area contributed by atoms with Gasteiger partial charge in [0, 0.05) is 30.8 Å². The lowest BCUT2D eigenvalue weighted by Gasteiger charge is -2.10. The predicted molar refractivity (Wildman–Crippen MR) is 90.8 cm³/mol. The third-order valence-electron chi connectivity index (χ3n) is 3.36. The first-order valence-electron chi connectivity index (χ1n) is 7.25. The molecule has 3 heteroatoms. The van der Waals surface area contributed by atoms with Crippen molar-refractivity contribution in [2.24, 2.45) is 0 Å². The molecule has 0 aliphatic heterocycles. The molecule has 21 heavy (non-hydrogen) atoms. The number of nitrogens with one attached hydrogen (secondary N) is 1.